The summed E-state index contributed by atoms with van der Waals surface area (Å²) in [6.45, 7) is 12.7. The first-order chi connectivity index (χ1) is 6.52. The van der Waals surface area contributed by atoms with Gasteiger partial charge in [0.1, 0.15) is 5.76 Å². The molecule has 14 heavy (non-hydrogen) atoms. The Bertz CT molecular complexity index is 228. The van der Waals surface area contributed by atoms with Gasteiger partial charge in [-0.2, -0.15) is 0 Å². The van der Waals surface area contributed by atoms with Crippen LogP contribution < -0.4 is 0 Å². The lowest BCUT2D eigenvalue weighted by Gasteiger charge is -2.22. The van der Waals surface area contributed by atoms with Gasteiger partial charge < -0.3 is 4.74 Å². The molecule has 0 amide bonds. The molecule has 2 nitrogen and oxygen atoms in total. The van der Waals surface area contributed by atoms with Gasteiger partial charge in [-0.05, 0) is 20.9 Å². The lowest BCUT2D eigenvalue weighted by Crippen LogP contribution is -2.28. The molecule has 0 aromatic heterocycles. The van der Waals surface area contributed by atoms with Crippen molar-refractivity contribution in [3.05, 3.63) is 36.6 Å². The summed E-state index contributed by atoms with van der Waals surface area (Å²) in [7, 11) is 3.71. The van der Waals surface area contributed by atoms with E-state index in [1.54, 1.807) is 13.2 Å². The average Bonchev–Trinajstić information content (AvgIpc) is 2.15. The van der Waals surface area contributed by atoms with Crippen molar-refractivity contribution < 1.29 is 4.74 Å². The summed E-state index contributed by atoms with van der Waals surface area (Å²) >= 11 is 0. The molecule has 2 heteroatoms. The molecule has 0 aliphatic heterocycles. The molecule has 0 aromatic carbocycles. The van der Waals surface area contributed by atoms with E-state index in [9.17, 15) is 0 Å². The first-order valence-electron chi connectivity index (χ1n) is 4.78. The predicted octanol–water partition coefficient (Wildman–Crippen LogP) is 2.60. The van der Waals surface area contributed by atoms with Gasteiger partial charge >= 0.3 is 0 Å². The van der Waals surface area contributed by atoms with Gasteiger partial charge in [-0.25, -0.2) is 0 Å². The maximum atomic E-state index is 5.11. The molecule has 0 fully saturated rings. The van der Waals surface area contributed by atoms with Crippen LogP contribution in [0.4, 0.5) is 0 Å². The van der Waals surface area contributed by atoms with E-state index in [1.165, 1.54) is 0 Å². The minimum absolute atomic E-state index is 0.507. The van der Waals surface area contributed by atoms with Gasteiger partial charge in [0.15, 0.2) is 0 Å². The third-order valence-corrected chi connectivity index (χ3v) is 2.22. The zero-order valence-corrected chi connectivity index (χ0v) is 9.71. The Balaban J connectivity index is 4.46. The second kappa shape index (κ2) is 6.44. The Kier molecular flexibility index (Phi) is 5.97. The molecule has 0 saturated heterocycles. The standard InChI is InChI=1S/C12H21NO/c1-7-8-12(11(4)14-6)9-13(5)10(2)3/h7-8,10H,1,4,9H2,2-3,5-6H3/b12-8-. The van der Waals surface area contributed by atoms with E-state index < -0.39 is 0 Å². The first-order valence-corrected chi connectivity index (χ1v) is 4.78. The molecule has 0 radical (unpaired) electrons. The monoisotopic (exact) mass is 195 g/mol. The van der Waals surface area contributed by atoms with E-state index >= 15 is 0 Å². The topological polar surface area (TPSA) is 12.5 Å². The van der Waals surface area contributed by atoms with E-state index in [0.717, 1.165) is 12.1 Å². The Hall–Kier alpha value is -1.02. The first kappa shape index (κ1) is 13.0. The average molecular weight is 195 g/mol. The maximum Gasteiger partial charge on any atom is 0.116 e. The molecule has 80 valence electrons. The lowest BCUT2D eigenvalue weighted by molar-refractivity contribution is 0.267. The number of hydrogen-bond acceptors (Lipinski definition) is 2. The Morgan fingerprint density at radius 1 is 1.50 bits per heavy atom. The molecular formula is C12H21NO. The molecular weight excluding hydrogens is 174 g/mol. The molecule has 0 N–H and O–H groups in total. The highest BCUT2D eigenvalue weighted by atomic mass is 16.5. The Morgan fingerprint density at radius 3 is 2.43 bits per heavy atom. The van der Waals surface area contributed by atoms with E-state index in [1.807, 2.05) is 6.08 Å². The van der Waals surface area contributed by atoms with Crippen molar-refractivity contribution in [3.8, 4) is 0 Å². The fourth-order valence-corrected chi connectivity index (χ4v) is 0.958. The zero-order valence-electron chi connectivity index (χ0n) is 9.71. The van der Waals surface area contributed by atoms with Crippen LogP contribution in [-0.4, -0.2) is 31.6 Å². The molecule has 0 aromatic rings. The number of rotatable bonds is 6. The maximum absolute atomic E-state index is 5.11. The number of hydrogen-bond donors (Lipinski definition) is 0. The fraction of sp³-hybridized carbons (Fsp3) is 0.500. The van der Waals surface area contributed by atoms with Crippen LogP contribution in [0.2, 0.25) is 0 Å². The second-order valence-electron chi connectivity index (χ2n) is 3.56. The summed E-state index contributed by atoms with van der Waals surface area (Å²) in [4.78, 5) is 2.22. The SMILES string of the molecule is C=C/C=C(/CN(C)C(C)C)C(=C)OC. The van der Waals surface area contributed by atoms with Gasteiger partial charge in [0.05, 0.1) is 7.11 Å². The van der Waals surface area contributed by atoms with Crippen LogP contribution in [0.1, 0.15) is 13.8 Å². The minimum Gasteiger partial charge on any atom is -0.497 e. The molecule has 0 bridgehead atoms. The number of methoxy groups -OCH3 is 1. The number of allylic oxidation sites excluding steroid dienone is 2. The molecule has 0 atom stereocenters. The summed E-state index contributed by atoms with van der Waals surface area (Å²) in [6, 6.07) is 0.507. The molecule has 0 rings (SSSR count). The third kappa shape index (κ3) is 4.28. The number of nitrogens with zero attached hydrogens (tertiary/aromatic N) is 1. The van der Waals surface area contributed by atoms with Crippen molar-refractivity contribution in [1.29, 1.82) is 0 Å². The molecule has 0 spiro atoms. The van der Waals surface area contributed by atoms with Crippen LogP contribution in [-0.2, 0) is 4.74 Å². The smallest absolute Gasteiger partial charge is 0.116 e. The third-order valence-electron chi connectivity index (χ3n) is 2.22. The van der Waals surface area contributed by atoms with Crippen molar-refractivity contribution in [2.45, 2.75) is 19.9 Å². The second-order valence-corrected chi connectivity index (χ2v) is 3.56. The summed E-state index contributed by atoms with van der Waals surface area (Å²) in [5.41, 5.74) is 1.07. The van der Waals surface area contributed by atoms with Gasteiger partial charge in [0.25, 0.3) is 0 Å². The predicted molar refractivity (Wildman–Crippen MR) is 62.2 cm³/mol. The van der Waals surface area contributed by atoms with Gasteiger partial charge in [-0.15, -0.1) is 0 Å². The fourth-order valence-electron chi connectivity index (χ4n) is 0.958. The van der Waals surface area contributed by atoms with Crippen LogP contribution in [0.5, 0.6) is 0 Å². The van der Waals surface area contributed by atoms with E-state index in [4.69, 9.17) is 4.74 Å². The van der Waals surface area contributed by atoms with Gasteiger partial charge in [-0.3, -0.25) is 4.90 Å². The zero-order chi connectivity index (χ0) is 11.1. The van der Waals surface area contributed by atoms with Crippen molar-refractivity contribution in [1.82, 2.24) is 4.90 Å². The van der Waals surface area contributed by atoms with Crippen molar-refractivity contribution >= 4 is 0 Å². The molecule has 0 saturated carbocycles. The molecule has 0 unspecified atom stereocenters. The molecule has 0 aliphatic rings. The summed E-state index contributed by atoms with van der Waals surface area (Å²) in [6.07, 6.45) is 3.69. The number of ether oxygens (including phenoxy) is 1. The minimum atomic E-state index is 0.507. The van der Waals surface area contributed by atoms with E-state index in [2.05, 4.69) is 39.0 Å². The molecule has 0 heterocycles. The Morgan fingerprint density at radius 2 is 2.07 bits per heavy atom. The van der Waals surface area contributed by atoms with Crippen molar-refractivity contribution in [2.75, 3.05) is 20.7 Å². The van der Waals surface area contributed by atoms with Crippen molar-refractivity contribution in [2.24, 2.45) is 0 Å². The number of likely N-dealkylation sites (N-methyl/N-ethyl adjacent to an activating group) is 1. The van der Waals surface area contributed by atoms with Crippen LogP contribution in [0.25, 0.3) is 0 Å². The lowest BCUT2D eigenvalue weighted by atomic mass is 10.2. The van der Waals surface area contributed by atoms with Crippen LogP contribution in [0, 0.1) is 0 Å². The molecule has 0 aliphatic carbocycles. The van der Waals surface area contributed by atoms with Crippen LogP contribution >= 0.6 is 0 Å². The van der Waals surface area contributed by atoms with Crippen molar-refractivity contribution in [3.63, 3.8) is 0 Å². The van der Waals surface area contributed by atoms with E-state index in [0.29, 0.717) is 11.8 Å². The highest BCUT2D eigenvalue weighted by Gasteiger charge is 2.08. The highest BCUT2D eigenvalue weighted by molar-refractivity contribution is 5.28. The van der Waals surface area contributed by atoms with Crippen LogP contribution in [0.3, 0.4) is 0 Å². The summed E-state index contributed by atoms with van der Waals surface area (Å²) in [5.74, 6) is 0.706. The largest absolute Gasteiger partial charge is 0.497 e. The summed E-state index contributed by atoms with van der Waals surface area (Å²) < 4.78 is 5.11. The van der Waals surface area contributed by atoms with Crippen LogP contribution in [0.15, 0.2) is 36.6 Å². The van der Waals surface area contributed by atoms with Gasteiger partial charge in [0, 0.05) is 18.2 Å². The van der Waals surface area contributed by atoms with E-state index in [-0.39, 0.29) is 0 Å². The Labute approximate surface area is 87.6 Å². The summed E-state index contributed by atoms with van der Waals surface area (Å²) in [5, 5.41) is 0. The highest BCUT2D eigenvalue weighted by Crippen LogP contribution is 2.11. The normalized spacial score (nSPS) is 12.0. The van der Waals surface area contributed by atoms with Gasteiger partial charge in [0.2, 0.25) is 0 Å². The quantitative estimate of drug-likeness (QED) is 0.477. The van der Waals surface area contributed by atoms with Gasteiger partial charge in [-0.1, -0.05) is 25.3 Å².